The van der Waals surface area contributed by atoms with Gasteiger partial charge in [-0.05, 0) is 38.8 Å². The molecule has 1 fully saturated rings. The van der Waals surface area contributed by atoms with E-state index in [-0.39, 0.29) is 6.10 Å². The SMILES string of the molecule is CC(C)Oc1nc(NCCOC2CCCCC2)ccc1N. The first-order valence-corrected chi connectivity index (χ1v) is 7.94. The molecule has 0 radical (unpaired) electrons. The van der Waals surface area contributed by atoms with Crippen molar-refractivity contribution in [3.05, 3.63) is 12.1 Å². The van der Waals surface area contributed by atoms with Crippen molar-refractivity contribution < 1.29 is 9.47 Å². The minimum Gasteiger partial charge on any atom is -0.473 e. The number of ether oxygens (including phenoxy) is 2. The second kappa shape index (κ2) is 8.08. The molecule has 1 aliphatic rings. The van der Waals surface area contributed by atoms with E-state index in [9.17, 15) is 0 Å². The second-order valence-electron chi connectivity index (χ2n) is 5.82. The lowest BCUT2D eigenvalue weighted by Gasteiger charge is -2.22. The topological polar surface area (TPSA) is 69.4 Å². The molecule has 2 rings (SSSR count). The molecule has 0 saturated heterocycles. The standard InChI is InChI=1S/C16H27N3O2/c1-12(2)21-16-14(17)8-9-15(19-16)18-10-11-20-13-6-4-3-5-7-13/h8-9,12-13H,3-7,10-11,17H2,1-2H3,(H,18,19). The van der Waals surface area contributed by atoms with Gasteiger partial charge in [-0.3, -0.25) is 0 Å². The van der Waals surface area contributed by atoms with Crippen molar-refractivity contribution in [2.24, 2.45) is 0 Å². The van der Waals surface area contributed by atoms with Gasteiger partial charge < -0.3 is 20.5 Å². The molecule has 21 heavy (non-hydrogen) atoms. The predicted molar refractivity (Wildman–Crippen MR) is 85.7 cm³/mol. The van der Waals surface area contributed by atoms with Crippen molar-refractivity contribution in [1.29, 1.82) is 0 Å². The highest BCUT2D eigenvalue weighted by molar-refractivity contribution is 5.53. The average Bonchev–Trinajstić information content (AvgIpc) is 2.47. The smallest absolute Gasteiger partial charge is 0.239 e. The average molecular weight is 293 g/mol. The summed E-state index contributed by atoms with van der Waals surface area (Å²) < 4.78 is 11.5. The summed E-state index contributed by atoms with van der Waals surface area (Å²) in [6, 6.07) is 3.68. The number of hydrogen-bond donors (Lipinski definition) is 2. The highest BCUT2D eigenvalue weighted by Gasteiger charge is 2.13. The molecule has 118 valence electrons. The minimum absolute atomic E-state index is 0.0599. The van der Waals surface area contributed by atoms with E-state index >= 15 is 0 Å². The lowest BCUT2D eigenvalue weighted by atomic mass is 9.98. The molecule has 1 aromatic rings. The summed E-state index contributed by atoms with van der Waals surface area (Å²) in [5, 5.41) is 3.25. The summed E-state index contributed by atoms with van der Waals surface area (Å²) in [6.07, 6.45) is 6.86. The molecule has 0 spiro atoms. The van der Waals surface area contributed by atoms with Gasteiger partial charge in [-0.15, -0.1) is 0 Å². The molecule has 1 aromatic heterocycles. The summed E-state index contributed by atoms with van der Waals surface area (Å²) in [4.78, 5) is 4.38. The Bertz CT molecular complexity index is 432. The second-order valence-corrected chi connectivity index (χ2v) is 5.82. The fourth-order valence-corrected chi connectivity index (χ4v) is 2.50. The molecule has 0 unspecified atom stereocenters. The zero-order valence-corrected chi connectivity index (χ0v) is 13.1. The third-order valence-corrected chi connectivity index (χ3v) is 3.55. The van der Waals surface area contributed by atoms with E-state index in [2.05, 4.69) is 10.3 Å². The van der Waals surface area contributed by atoms with E-state index < -0.39 is 0 Å². The van der Waals surface area contributed by atoms with Crippen LogP contribution in [0.15, 0.2) is 12.1 Å². The molecular formula is C16H27N3O2. The Morgan fingerprint density at radius 1 is 1.29 bits per heavy atom. The zero-order valence-electron chi connectivity index (χ0n) is 13.1. The zero-order chi connectivity index (χ0) is 15.1. The van der Waals surface area contributed by atoms with Gasteiger partial charge in [-0.1, -0.05) is 19.3 Å². The van der Waals surface area contributed by atoms with Crippen LogP contribution in [0.4, 0.5) is 11.5 Å². The van der Waals surface area contributed by atoms with Crippen molar-refractivity contribution in [2.45, 2.75) is 58.2 Å². The van der Waals surface area contributed by atoms with Gasteiger partial charge in [-0.25, -0.2) is 0 Å². The van der Waals surface area contributed by atoms with Gasteiger partial charge in [0.1, 0.15) is 5.82 Å². The molecule has 0 aliphatic heterocycles. The van der Waals surface area contributed by atoms with Crippen molar-refractivity contribution in [2.75, 3.05) is 24.2 Å². The Kier molecular flexibility index (Phi) is 6.11. The van der Waals surface area contributed by atoms with E-state index in [0.717, 1.165) is 12.4 Å². The van der Waals surface area contributed by atoms with E-state index in [4.69, 9.17) is 15.2 Å². The van der Waals surface area contributed by atoms with Crippen LogP contribution in [0, 0.1) is 0 Å². The number of nitrogens with zero attached hydrogens (tertiary/aromatic N) is 1. The van der Waals surface area contributed by atoms with Crippen LogP contribution < -0.4 is 15.8 Å². The van der Waals surface area contributed by atoms with Crippen LogP contribution in [0.25, 0.3) is 0 Å². The van der Waals surface area contributed by atoms with Gasteiger partial charge >= 0.3 is 0 Å². The van der Waals surface area contributed by atoms with Gasteiger partial charge in [-0.2, -0.15) is 4.98 Å². The number of pyridine rings is 1. The van der Waals surface area contributed by atoms with Crippen LogP contribution >= 0.6 is 0 Å². The van der Waals surface area contributed by atoms with Gasteiger partial charge in [0.05, 0.1) is 24.5 Å². The maximum atomic E-state index is 5.88. The van der Waals surface area contributed by atoms with E-state index in [1.807, 2.05) is 26.0 Å². The van der Waals surface area contributed by atoms with E-state index in [0.29, 0.717) is 24.3 Å². The number of anilines is 2. The molecule has 0 amide bonds. The highest BCUT2D eigenvalue weighted by atomic mass is 16.5. The Hall–Kier alpha value is -1.49. The van der Waals surface area contributed by atoms with E-state index in [1.165, 1.54) is 32.1 Å². The van der Waals surface area contributed by atoms with Gasteiger partial charge in [0, 0.05) is 6.54 Å². The summed E-state index contributed by atoms with van der Waals surface area (Å²) in [5.74, 6) is 1.26. The molecule has 0 aromatic carbocycles. The molecule has 1 heterocycles. The molecule has 1 aliphatic carbocycles. The maximum Gasteiger partial charge on any atom is 0.239 e. The van der Waals surface area contributed by atoms with E-state index in [1.54, 1.807) is 0 Å². The quantitative estimate of drug-likeness (QED) is 0.755. The first-order valence-electron chi connectivity index (χ1n) is 7.94. The number of nitrogens with two attached hydrogens (primary N) is 1. The molecule has 1 saturated carbocycles. The Morgan fingerprint density at radius 3 is 2.76 bits per heavy atom. The van der Waals surface area contributed by atoms with Crippen molar-refractivity contribution in [3.63, 3.8) is 0 Å². The van der Waals surface area contributed by atoms with Crippen LogP contribution in [0.2, 0.25) is 0 Å². The third-order valence-electron chi connectivity index (χ3n) is 3.55. The predicted octanol–water partition coefficient (Wildman–Crippen LogP) is 3.21. The maximum absolute atomic E-state index is 5.88. The summed E-state index contributed by atoms with van der Waals surface area (Å²) >= 11 is 0. The molecule has 0 bridgehead atoms. The fourth-order valence-electron chi connectivity index (χ4n) is 2.50. The molecule has 5 nitrogen and oxygen atoms in total. The minimum atomic E-state index is 0.0599. The summed E-state index contributed by atoms with van der Waals surface area (Å²) in [6.45, 7) is 5.37. The summed E-state index contributed by atoms with van der Waals surface area (Å²) in [5.41, 5.74) is 6.41. The van der Waals surface area contributed by atoms with Crippen LogP contribution in [0.3, 0.4) is 0 Å². The van der Waals surface area contributed by atoms with Gasteiger partial charge in [0.15, 0.2) is 0 Å². The van der Waals surface area contributed by atoms with Crippen molar-refractivity contribution in [1.82, 2.24) is 4.98 Å². The molecule has 3 N–H and O–H groups in total. The lowest BCUT2D eigenvalue weighted by molar-refractivity contribution is 0.0347. The van der Waals surface area contributed by atoms with Crippen LogP contribution in [-0.4, -0.2) is 30.3 Å². The van der Waals surface area contributed by atoms with Crippen LogP contribution in [-0.2, 0) is 4.74 Å². The van der Waals surface area contributed by atoms with Crippen molar-refractivity contribution >= 4 is 11.5 Å². The Labute approximate surface area is 127 Å². The molecule has 0 atom stereocenters. The number of nitrogen functional groups attached to an aromatic ring is 1. The largest absolute Gasteiger partial charge is 0.473 e. The van der Waals surface area contributed by atoms with Gasteiger partial charge in [0.25, 0.3) is 0 Å². The fraction of sp³-hybridized carbons (Fsp3) is 0.688. The number of nitrogens with one attached hydrogen (secondary N) is 1. The third kappa shape index (κ3) is 5.42. The monoisotopic (exact) mass is 293 g/mol. The number of hydrogen-bond acceptors (Lipinski definition) is 5. The first-order chi connectivity index (χ1) is 10.1. The van der Waals surface area contributed by atoms with Crippen LogP contribution in [0.1, 0.15) is 46.0 Å². The summed E-state index contributed by atoms with van der Waals surface area (Å²) in [7, 11) is 0. The molecule has 5 heteroatoms. The molecular weight excluding hydrogens is 266 g/mol. The van der Waals surface area contributed by atoms with Crippen LogP contribution in [0.5, 0.6) is 5.88 Å². The Morgan fingerprint density at radius 2 is 2.05 bits per heavy atom. The highest BCUT2D eigenvalue weighted by Crippen LogP contribution is 2.22. The first kappa shape index (κ1) is 15.9. The lowest BCUT2D eigenvalue weighted by Crippen LogP contribution is -2.20. The number of rotatable bonds is 7. The van der Waals surface area contributed by atoms with Gasteiger partial charge in [0.2, 0.25) is 5.88 Å². The normalized spacial score (nSPS) is 16.1. The number of aromatic nitrogens is 1. The Balaban J connectivity index is 1.74. The van der Waals surface area contributed by atoms with Crippen molar-refractivity contribution in [3.8, 4) is 5.88 Å².